The number of methoxy groups -OCH3 is 2. The highest BCUT2D eigenvalue weighted by molar-refractivity contribution is 5.87. The molecule has 2 aromatic heterocycles. The average Bonchev–Trinajstić information content (AvgIpc) is 3.11. The Morgan fingerprint density at radius 3 is 2.35 bits per heavy atom. The summed E-state index contributed by atoms with van der Waals surface area (Å²) >= 11 is 0. The molecule has 0 aliphatic carbocycles. The SMILES string of the molecule is COc1ccc(-c2nc(OC)nc3c2ncn3Cc2ccccc2)cc1. The third-order valence-corrected chi connectivity index (χ3v) is 4.19. The van der Waals surface area contributed by atoms with Gasteiger partial charge in [-0.1, -0.05) is 30.3 Å². The van der Waals surface area contributed by atoms with E-state index in [1.807, 2.05) is 47.0 Å². The van der Waals surface area contributed by atoms with E-state index in [1.165, 1.54) is 5.56 Å². The summed E-state index contributed by atoms with van der Waals surface area (Å²) in [5.74, 6) is 0.792. The minimum absolute atomic E-state index is 0.318. The fourth-order valence-electron chi connectivity index (χ4n) is 2.86. The third-order valence-electron chi connectivity index (χ3n) is 4.19. The predicted molar refractivity (Wildman–Crippen MR) is 99.4 cm³/mol. The van der Waals surface area contributed by atoms with Crippen molar-refractivity contribution in [3.63, 3.8) is 0 Å². The van der Waals surface area contributed by atoms with E-state index < -0.39 is 0 Å². The molecule has 0 aliphatic heterocycles. The van der Waals surface area contributed by atoms with E-state index in [-0.39, 0.29) is 0 Å². The summed E-state index contributed by atoms with van der Waals surface area (Å²) in [5, 5.41) is 0. The maximum absolute atomic E-state index is 5.32. The molecule has 0 N–H and O–H groups in total. The summed E-state index contributed by atoms with van der Waals surface area (Å²) in [4.78, 5) is 13.6. The van der Waals surface area contributed by atoms with Crippen LogP contribution in [0.1, 0.15) is 5.56 Å². The zero-order valence-electron chi connectivity index (χ0n) is 14.6. The molecular formula is C20H18N4O2. The lowest BCUT2D eigenvalue weighted by molar-refractivity contribution is 0.381. The standard InChI is InChI=1S/C20H18N4O2/c1-25-16-10-8-15(9-11-16)17-18-19(23-20(22-17)26-2)24(13-21-18)12-14-6-4-3-5-7-14/h3-11,13H,12H2,1-2H3. The Hall–Kier alpha value is -3.41. The number of hydrogen-bond acceptors (Lipinski definition) is 5. The number of nitrogens with zero attached hydrogens (tertiary/aromatic N) is 4. The summed E-state index contributed by atoms with van der Waals surface area (Å²) in [6.07, 6.45) is 1.79. The Morgan fingerprint density at radius 1 is 0.885 bits per heavy atom. The zero-order valence-corrected chi connectivity index (χ0v) is 14.6. The van der Waals surface area contributed by atoms with Gasteiger partial charge >= 0.3 is 6.01 Å². The number of imidazole rings is 1. The van der Waals surface area contributed by atoms with Crippen molar-refractivity contribution in [2.24, 2.45) is 0 Å². The van der Waals surface area contributed by atoms with Crippen molar-refractivity contribution in [3.8, 4) is 23.0 Å². The Labute approximate surface area is 151 Å². The van der Waals surface area contributed by atoms with Crippen molar-refractivity contribution in [1.82, 2.24) is 19.5 Å². The van der Waals surface area contributed by atoms with Crippen LogP contribution >= 0.6 is 0 Å². The van der Waals surface area contributed by atoms with Crippen molar-refractivity contribution >= 4 is 11.2 Å². The zero-order chi connectivity index (χ0) is 17.9. The quantitative estimate of drug-likeness (QED) is 0.553. The van der Waals surface area contributed by atoms with Gasteiger partial charge in [-0.25, -0.2) is 4.98 Å². The van der Waals surface area contributed by atoms with Crippen molar-refractivity contribution in [2.75, 3.05) is 14.2 Å². The lowest BCUT2D eigenvalue weighted by Gasteiger charge is -2.08. The van der Waals surface area contributed by atoms with Crippen LogP contribution in [-0.2, 0) is 6.54 Å². The van der Waals surface area contributed by atoms with Gasteiger partial charge in [0, 0.05) is 5.56 Å². The highest BCUT2D eigenvalue weighted by Gasteiger charge is 2.15. The molecule has 4 aromatic rings. The Kier molecular flexibility index (Phi) is 4.23. The monoisotopic (exact) mass is 346 g/mol. The van der Waals surface area contributed by atoms with E-state index >= 15 is 0 Å². The van der Waals surface area contributed by atoms with Gasteiger partial charge in [0.15, 0.2) is 5.65 Å². The molecule has 6 heteroatoms. The van der Waals surface area contributed by atoms with E-state index in [1.54, 1.807) is 20.5 Å². The summed E-state index contributed by atoms with van der Waals surface area (Å²) in [6.45, 7) is 0.680. The molecular weight excluding hydrogens is 328 g/mol. The first-order chi connectivity index (χ1) is 12.8. The van der Waals surface area contributed by atoms with Gasteiger partial charge in [0.1, 0.15) is 17.0 Å². The minimum atomic E-state index is 0.318. The normalized spacial score (nSPS) is 10.8. The number of rotatable bonds is 5. The van der Waals surface area contributed by atoms with Gasteiger partial charge < -0.3 is 14.0 Å². The van der Waals surface area contributed by atoms with Crippen molar-refractivity contribution in [3.05, 3.63) is 66.5 Å². The second-order valence-electron chi connectivity index (χ2n) is 5.82. The fraction of sp³-hybridized carbons (Fsp3) is 0.150. The molecule has 0 fully saturated rings. The lowest BCUT2D eigenvalue weighted by atomic mass is 10.1. The van der Waals surface area contributed by atoms with Gasteiger partial charge in [-0.15, -0.1) is 0 Å². The largest absolute Gasteiger partial charge is 0.497 e. The van der Waals surface area contributed by atoms with Crippen LogP contribution in [0, 0.1) is 0 Å². The van der Waals surface area contributed by atoms with Crippen LogP contribution in [-0.4, -0.2) is 33.7 Å². The Bertz CT molecular complexity index is 1030. The molecule has 130 valence electrons. The fourth-order valence-corrected chi connectivity index (χ4v) is 2.86. The summed E-state index contributed by atoms with van der Waals surface area (Å²) < 4.78 is 12.5. The van der Waals surface area contributed by atoms with Crippen LogP contribution in [0.3, 0.4) is 0 Å². The highest BCUT2D eigenvalue weighted by atomic mass is 16.5. The summed E-state index contributed by atoms with van der Waals surface area (Å²) in [6, 6.07) is 18.2. The van der Waals surface area contributed by atoms with E-state index in [4.69, 9.17) is 9.47 Å². The number of aromatic nitrogens is 4. The molecule has 0 amide bonds. The molecule has 2 heterocycles. The molecule has 0 saturated heterocycles. The first kappa shape index (κ1) is 16.1. The van der Waals surface area contributed by atoms with E-state index in [9.17, 15) is 0 Å². The van der Waals surface area contributed by atoms with Gasteiger partial charge in [-0.3, -0.25) is 0 Å². The second-order valence-corrected chi connectivity index (χ2v) is 5.82. The molecule has 0 radical (unpaired) electrons. The number of fused-ring (bicyclic) bond motifs is 1. The van der Waals surface area contributed by atoms with Gasteiger partial charge in [0.05, 0.1) is 27.1 Å². The van der Waals surface area contributed by atoms with Gasteiger partial charge in [0.2, 0.25) is 0 Å². The maximum Gasteiger partial charge on any atom is 0.318 e. The van der Waals surface area contributed by atoms with Crippen LogP contribution in [0.25, 0.3) is 22.4 Å². The number of ether oxygens (including phenoxy) is 2. The molecule has 0 unspecified atom stereocenters. The molecule has 0 bridgehead atoms. The molecule has 0 saturated carbocycles. The number of hydrogen-bond donors (Lipinski definition) is 0. The predicted octanol–water partition coefficient (Wildman–Crippen LogP) is 3.56. The maximum atomic E-state index is 5.32. The van der Waals surface area contributed by atoms with Crippen molar-refractivity contribution < 1.29 is 9.47 Å². The van der Waals surface area contributed by atoms with Crippen LogP contribution in [0.4, 0.5) is 0 Å². The highest BCUT2D eigenvalue weighted by Crippen LogP contribution is 2.28. The molecule has 2 aromatic carbocycles. The van der Waals surface area contributed by atoms with Gasteiger partial charge in [0.25, 0.3) is 0 Å². The van der Waals surface area contributed by atoms with Crippen molar-refractivity contribution in [2.45, 2.75) is 6.54 Å². The Balaban J connectivity index is 1.83. The molecule has 0 atom stereocenters. The van der Waals surface area contributed by atoms with Crippen LogP contribution in [0.15, 0.2) is 60.9 Å². The minimum Gasteiger partial charge on any atom is -0.497 e. The molecule has 4 rings (SSSR count). The first-order valence-corrected chi connectivity index (χ1v) is 8.23. The van der Waals surface area contributed by atoms with Crippen LogP contribution in [0.5, 0.6) is 11.8 Å². The van der Waals surface area contributed by atoms with Crippen molar-refractivity contribution in [1.29, 1.82) is 0 Å². The summed E-state index contributed by atoms with van der Waals surface area (Å²) in [7, 11) is 3.21. The third kappa shape index (κ3) is 2.97. The van der Waals surface area contributed by atoms with E-state index in [0.717, 1.165) is 28.2 Å². The number of benzene rings is 2. The Morgan fingerprint density at radius 2 is 1.65 bits per heavy atom. The molecule has 26 heavy (non-hydrogen) atoms. The molecule has 0 aliphatic rings. The van der Waals surface area contributed by atoms with Crippen LogP contribution < -0.4 is 9.47 Å². The smallest absolute Gasteiger partial charge is 0.318 e. The molecule has 6 nitrogen and oxygen atoms in total. The van der Waals surface area contributed by atoms with Gasteiger partial charge in [-0.2, -0.15) is 9.97 Å². The second kappa shape index (κ2) is 6.84. The van der Waals surface area contributed by atoms with E-state index in [0.29, 0.717) is 12.6 Å². The van der Waals surface area contributed by atoms with Crippen LogP contribution in [0.2, 0.25) is 0 Å². The molecule has 0 spiro atoms. The first-order valence-electron chi connectivity index (χ1n) is 8.23. The lowest BCUT2D eigenvalue weighted by Crippen LogP contribution is -2.02. The van der Waals surface area contributed by atoms with E-state index in [2.05, 4.69) is 27.1 Å². The average molecular weight is 346 g/mol. The summed E-state index contributed by atoms with van der Waals surface area (Å²) in [5.41, 5.74) is 4.33. The van der Waals surface area contributed by atoms with Gasteiger partial charge in [-0.05, 0) is 29.8 Å². The topological polar surface area (TPSA) is 62.1 Å².